The first-order valence-electron chi connectivity index (χ1n) is 11.4. The van der Waals surface area contributed by atoms with Gasteiger partial charge in [0.25, 0.3) is 0 Å². The largest absolute Gasteiger partial charge is 0.396 e. The van der Waals surface area contributed by atoms with Gasteiger partial charge in [0.2, 0.25) is 0 Å². The van der Waals surface area contributed by atoms with Crippen molar-refractivity contribution in [1.29, 1.82) is 0 Å². The SMILES string of the molecule is CCC(CO)(CO)COC(c1ccc(C(=O)C(C)(C)O)cc1)c1ccc(C(=O)C(C)(C)O)cc1. The third-order valence-corrected chi connectivity index (χ3v) is 6.04. The Balaban J connectivity index is 2.42. The summed E-state index contributed by atoms with van der Waals surface area (Å²) in [6, 6.07) is 13.4. The summed E-state index contributed by atoms with van der Waals surface area (Å²) in [4.78, 5) is 24.8. The molecule has 0 unspecified atom stereocenters. The lowest BCUT2D eigenvalue weighted by Crippen LogP contribution is -2.35. The summed E-state index contributed by atoms with van der Waals surface area (Å²) >= 11 is 0. The molecule has 0 saturated heterocycles. The van der Waals surface area contributed by atoms with E-state index >= 15 is 0 Å². The lowest BCUT2D eigenvalue weighted by Gasteiger charge is -2.31. The molecule has 4 N–H and O–H groups in total. The maximum absolute atomic E-state index is 12.4. The van der Waals surface area contributed by atoms with Gasteiger partial charge in [0.15, 0.2) is 11.6 Å². The first-order chi connectivity index (χ1) is 15.8. The van der Waals surface area contributed by atoms with Gasteiger partial charge in [-0.2, -0.15) is 0 Å². The fraction of sp³-hybridized carbons (Fsp3) is 0.481. The number of hydrogen-bond donors (Lipinski definition) is 4. The van der Waals surface area contributed by atoms with Crippen LogP contribution in [0.1, 0.15) is 79.0 Å². The summed E-state index contributed by atoms with van der Waals surface area (Å²) in [7, 11) is 0. The van der Waals surface area contributed by atoms with Crippen molar-refractivity contribution in [3.8, 4) is 0 Å². The van der Waals surface area contributed by atoms with Gasteiger partial charge < -0.3 is 25.2 Å². The van der Waals surface area contributed by atoms with Gasteiger partial charge in [-0.15, -0.1) is 0 Å². The van der Waals surface area contributed by atoms with Crippen LogP contribution in [0, 0.1) is 5.41 Å². The maximum Gasteiger partial charge on any atom is 0.193 e. The fourth-order valence-electron chi connectivity index (χ4n) is 3.44. The number of hydrogen-bond acceptors (Lipinski definition) is 7. The van der Waals surface area contributed by atoms with E-state index in [4.69, 9.17) is 4.74 Å². The molecular weight excluding hydrogens is 436 g/mol. The Hall–Kier alpha value is -2.42. The van der Waals surface area contributed by atoms with E-state index < -0.39 is 34.3 Å². The number of carbonyl (C=O) groups excluding carboxylic acids is 2. The molecule has 0 atom stereocenters. The third kappa shape index (κ3) is 6.58. The van der Waals surface area contributed by atoms with E-state index in [0.717, 1.165) is 11.1 Å². The molecule has 2 aromatic rings. The molecule has 0 radical (unpaired) electrons. The van der Waals surface area contributed by atoms with Gasteiger partial charge in [-0.25, -0.2) is 0 Å². The second-order valence-electron chi connectivity index (χ2n) is 9.88. The van der Waals surface area contributed by atoms with Crippen LogP contribution in [0.5, 0.6) is 0 Å². The summed E-state index contributed by atoms with van der Waals surface area (Å²) in [5.74, 6) is -0.812. The van der Waals surface area contributed by atoms with Crippen LogP contribution < -0.4 is 0 Å². The van der Waals surface area contributed by atoms with Crippen molar-refractivity contribution in [1.82, 2.24) is 0 Å². The summed E-state index contributed by atoms with van der Waals surface area (Å²) in [5.41, 5.74) is -1.66. The number of Topliss-reactive ketones (excluding diaryl/α,β-unsaturated/α-hetero) is 2. The van der Waals surface area contributed by atoms with Crippen molar-refractivity contribution in [3.05, 3.63) is 70.8 Å². The van der Waals surface area contributed by atoms with Crippen LogP contribution in [0.3, 0.4) is 0 Å². The smallest absolute Gasteiger partial charge is 0.193 e. The summed E-state index contributed by atoms with van der Waals surface area (Å²) in [5, 5.41) is 39.7. The molecule has 0 aliphatic carbocycles. The molecule has 7 heteroatoms. The zero-order valence-corrected chi connectivity index (χ0v) is 20.5. The number of aliphatic hydroxyl groups is 4. The topological polar surface area (TPSA) is 124 Å². The number of carbonyl (C=O) groups is 2. The van der Waals surface area contributed by atoms with Crippen LogP contribution in [0.4, 0.5) is 0 Å². The van der Waals surface area contributed by atoms with Crippen LogP contribution in [-0.4, -0.2) is 63.0 Å². The number of benzene rings is 2. The van der Waals surface area contributed by atoms with Crippen LogP contribution in [-0.2, 0) is 4.74 Å². The van der Waals surface area contributed by atoms with E-state index in [1.807, 2.05) is 6.92 Å². The Morgan fingerprint density at radius 3 is 1.38 bits per heavy atom. The van der Waals surface area contributed by atoms with Crippen LogP contribution in [0.15, 0.2) is 48.5 Å². The Labute approximate surface area is 201 Å². The van der Waals surface area contributed by atoms with Gasteiger partial charge in [0.1, 0.15) is 17.3 Å². The minimum absolute atomic E-state index is 0.0792. The predicted octanol–water partition coefficient (Wildman–Crippen LogP) is 3.08. The number of rotatable bonds is 12. The van der Waals surface area contributed by atoms with E-state index in [2.05, 4.69) is 0 Å². The zero-order valence-electron chi connectivity index (χ0n) is 20.5. The molecule has 0 spiro atoms. The fourth-order valence-corrected chi connectivity index (χ4v) is 3.44. The zero-order chi connectivity index (χ0) is 25.7. The molecular formula is C27H36O7. The lowest BCUT2D eigenvalue weighted by molar-refractivity contribution is -0.0492. The van der Waals surface area contributed by atoms with Crippen LogP contribution in [0.25, 0.3) is 0 Å². The molecule has 7 nitrogen and oxygen atoms in total. The van der Waals surface area contributed by atoms with Gasteiger partial charge in [-0.3, -0.25) is 9.59 Å². The van der Waals surface area contributed by atoms with Crippen molar-refractivity contribution < 1.29 is 34.8 Å². The average molecular weight is 473 g/mol. The lowest BCUT2D eigenvalue weighted by atomic mass is 9.87. The minimum atomic E-state index is -1.50. The van der Waals surface area contributed by atoms with Crippen molar-refractivity contribution >= 4 is 11.6 Å². The molecule has 0 aliphatic rings. The molecule has 186 valence electrons. The molecule has 2 aromatic carbocycles. The molecule has 0 bridgehead atoms. The highest BCUT2D eigenvalue weighted by molar-refractivity contribution is 6.02. The minimum Gasteiger partial charge on any atom is -0.396 e. The third-order valence-electron chi connectivity index (χ3n) is 6.04. The van der Waals surface area contributed by atoms with Crippen molar-refractivity contribution in [2.45, 2.75) is 58.3 Å². The van der Waals surface area contributed by atoms with Crippen molar-refractivity contribution in [2.24, 2.45) is 5.41 Å². The first kappa shape index (κ1) is 27.8. The van der Waals surface area contributed by atoms with E-state index in [0.29, 0.717) is 17.5 Å². The van der Waals surface area contributed by atoms with Gasteiger partial charge in [0.05, 0.1) is 19.8 Å². The monoisotopic (exact) mass is 472 g/mol. The Kier molecular flexibility index (Phi) is 8.91. The molecule has 34 heavy (non-hydrogen) atoms. The summed E-state index contributed by atoms with van der Waals surface area (Å²) in [6.07, 6.45) is -0.105. The summed E-state index contributed by atoms with van der Waals surface area (Å²) < 4.78 is 6.20. The van der Waals surface area contributed by atoms with Crippen molar-refractivity contribution in [2.75, 3.05) is 19.8 Å². The second kappa shape index (κ2) is 10.9. The Morgan fingerprint density at radius 2 is 1.12 bits per heavy atom. The highest BCUT2D eigenvalue weighted by Crippen LogP contribution is 2.31. The van der Waals surface area contributed by atoms with Gasteiger partial charge in [-0.05, 0) is 45.2 Å². The summed E-state index contributed by atoms with van der Waals surface area (Å²) in [6.45, 7) is 7.17. The quantitative estimate of drug-likeness (QED) is 0.350. The molecule has 0 saturated carbocycles. The molecule has 0 aromatic heterocycles. The van der Waals surface area contributed by atoms with E-state index in [1.54, 1.807) is 48.5 Å². The normalized spacial score (nSPS) is 12.8. The number of aliphatic hydroxyl groups excluding tert-OH is 2. The maximum atomic E-state index is 12.4. The second-order valence-corrected chi connectivity index (χ2v) is 9.88. The Bertz CT molecular complexity index is 882. The standard InChI is InChI=1S/C27H36O7/c1-6-27(15-28,16-29)17-34-22(18-7-11-20(12-8-18)23(30)25(2,3)32)19-9-13-21(14-10-19)24(31)26(4,5)33/h7-14,22,28-29,32-33H,6,15-17H2,1-5H3. The number of ether oxygens (including phenoxy) is 1. The molecule has 0 amide bonds. The molecule has 0 aliphatic heterocycles. The van der Waals surface area contributed by atoms with Gasteiger partial charge in [-0.1, -0.05) is 55.5 Å². The van der Waals surface area contributed by atoms with Crippen LogP contribution in [0.2, 0.25) is 0 Å². The van der Waals surface area contributed by atoms with Crippen molar-refractivity contribution in [3.63, 3.8) is 0 Å². The van der Waals surface area contributed by atoms with E-state index in [1.165, 1.54) is 27.7 Å². The first-order valence-corrected chi connectivity index (χ1v) is 11.4. The van der Waals surface area contributed by atoms with Gasteiger partial charge in [0, 0.05) is 16.5 Å². The number of ketones is 2. The van der Waals surface area contributed by atoms with Crippen LogP contribution >= 0.6 is 0 Å². The molecule has 0 fully saturated rings. The highest BCUT2D eigenvalue weighted by Gasteiger charge is 2.30. The molecule has 2 rings (SSSR count). The van der Waals surface area contributed by atoms with E-state index in [-0.39, 0.29) is 19.8 Å². The average Bonchev–Trinajstić information content (AvgIpc) is 2.81. The highest BCUT2D eigenvalue weighted by atomic mass is 16.5. The van der Waals surface area contributed by atoms with Gasteiger partial charge >= 0.3 is 0 Å². The Morgan fingerprint density at radius 1 is 0.765 bits per heavy atom. The predicted molar refractivity (Wildman–Crippen MR) is 129 cm³/mol. The molecule has 0 heterocycles. The van der Waals surface area contributed by atoms with E-state index in [9.17, 15) is 30.0 Å².